The summed E-state index contributed by atoms with van der Waals surface area (Å²) in [6.45, 7) is 2.11. The maximum atomic E-state index is 4.67. The van der Waals surface area contributed by atoms with Crippen LogP contribution in [0.3, 0.4) is 0 Å². The molecule has 0 saturated heterocycles. The van der Waals surface area contributed by atoms with Crippen molar-refractivity contribution in [3.8, 4) is 16.9 Å². The fraction of sp³-hybridized carbons (Fsp3) is 0.0500. The summed E-state index contributed by atoms with van der Waals surface area (Å²) in [7, 11) is 0. The molecule has 2 nitrogen and oxygen atoms in total. The second-order valence-electron chi connectivity index (χ2n) is 5.44. The summed E-state index contributed by atoms with van der Waals surface area (Å²) in [5.41, 5.74) is 5.77. The van der Waals surface area contributed by atoms with Crippen LogP contribution in [0.2, 0.25) is 0 Å². The minimum absolute atomic E-state index is 1.04. The fourth-order valence-corrected chi connectivity index (χ4v) is 2.95. The average Bonchev–Trinajstić information content (AvgIpc) is 3.03. The molecule has 0 aliphatic carbocycles. The van der Waals surface area contributed by atoms with E-state index in [4.69, 9.17) is 0 Å². The number of nitrogens with zero attached hydrogens (tertiary/aromatic N) is 2. The molecule has 0 spiro atoms. The molecule has 2 aromatic heterocycles. The Morgan fingerprint density at radius 1 is 0.818 bits per heavy atom. The lowest BCUT2D eigenvalue weighted by molar-refractivity contribution is 1.11. The molecule has 0 bridgehead atoms. The maximum absolute atomic E-state index is 4.67. The summed E-state index contributed by atoms with van der Waals surface area (Å²) in [4.78, 5) is 4.67. The highest BCUT2D eigenvalue weighted by atomic mass is 15.0. The molecule has 0 unspecified atom stereocenters. The van der Waals surface area contributed by atoms with Crippen molar-refractivity contribution >= 4 is 10.9 Å². The Hall–Kier alpha value is -2.87. The first-order valence-electron chi connectivity index (χ1n) is 7.42. The minimum Gasteiger partial charge on any atom is -0.316 e. The van der Waals surface area contributed by atoms with Gasteiger partial charge in [-0.15, -0.1) is 0 Å². The van der Waals surface area contributed by atoms with E-state index in [-0.39, 0.29) is 0 Å². The Morgan fingerprint density at radius 3 is 2.23 bits per heavy atom. The third-order valence-electron chi connectivity index (χ3n) is 3.98. The Morgan fingerprint density at radius 2 is 1.50 bits per heavy atom. The van der Waals surface area contributed by atoms with Crippen LogP contribution in [0.15, 0.2) is 79.1 Å². The van der Waals surface area contributed by atoms with E-state index in [2.05, 4.69) is 77.3 Å². The van der Waals surface area contributed by atoms with E-state index >= 15 is 0 Å². The van der Waals surface area contributed by atoms with Gasteiger partial charge in [-0.05, 0) is 30.7 Å². The van der Waals surface area contributed by atoms with Crippen molar-refractivity contribution in [2.45, 2.75) is 6.92 Å². The lowest BCUT2D eigenvalue weighted by Gasteiger charge is -2.09. The van der Waals surface area contributed by atoms with Crippen LogP contribution in [0.4, 0.5) is 0 Å². The number of para-hydroxylation sites is 1. The van der Waals surface area contributed by atoms with Gasteiger partial charge in [-0.25, -0.2) is 0 Å². The molecule has 2 heteroatoms. The average molecular weight is 284 g/mol. The summed E-state index contributed by atoms with van der Waals surface area (Å²) in [6, 6.07) is 22.9. The molecule has 2 aromatic carbocycles. The normalized spacial score (nSPS) is 11.0. The molecule has 0 fully saturated rings. The van der Waals surface area contributed by atoms with Gasteiger partial charge in [0.15, 0.2) is 0 Å². The Balaban J connectivity index is 2.01. The van der Waals surface area contributed by atoms with Gasteiger partial charge in [0.1, 0.15) is 0 Å². The molecule has 2 heterocycles. The first kappa shape index (κ1) is 12.8. The van der Waals surface area contributed by atoms with Gasteiger partial charge in [-0.3, -0.25) is 4.98 Å². The van der Waals surface area contributed by atoms with E-state index < -0.39 is 0 Å². The largest absolute Gasteiger partial charge is 0.316 e. The van der Waals surface area contributed by atoms with Gasteiger partial charge in [0, 0.05) is 29.0 Å². The monoisotopic (exact) mass is 284 g/mol. The Bertz CT molecular complexity index is 922. The predicted octanol–water partition coefficient (Wildman–Crippen LogP) is 5.00. The van der Waals surface area contributed by atoms with Gasteiger partial charge in [-0.2, -0.15) is 0 Å². The zero-order chi connectivity index (χ0) is 14.9. The highest BCUT2D eigenvalue weighted by Crippen LogP contribution is 2.30. The van der Waals surface area contributed by atoms with Gasteiger partial charge in [0.25, 0.3) is 0 Å². The summed E-state index contributed by atoms with van der Waals surface area (Å²) in [5, 5.41) is 1.19. The van der Waals surface area contributed by atoms with Crippen LogP contribution >= 0.6 is 0 Å². The van der Waals surface area contributed by atoms with Gasteiger partial charge in [-0.1, -0.05) is 48.5 Å². The molecule has 0 radical (unpaired) electrons. The van der Waals surface area contributed by atoms with Crippen LogP contribution in [0, 0.1) is 6.92 Å². The van der Waals surface area contributed by atoms with Gasteiger partial charge in [0.05, 0.1) is 11.2 Å². The van der Waals surface area contributed by atoms with E-state index in [1.807, 2.05) is 18.3 Å². The van der Waals surface area contributed by atoms with E-state index in [1.54, 1.807) is 0 Å². The fourth-order valence-electron chi connectivity index (χ4n) is 2.95. The van der Waals surface area contributed by atoms with Crippen LogP contribution in [-0.2, 0) is 0 Å². The minimum atomic E-state index is 1.04. The highest BCUT2D eigenvalue weighted by molar-refractivity contribution is 5.95. The lowest BCUT2D eigenvalue weighted by Crippen LogP contribution is -1.95. The van der Waals surface area contributed by atoms with Crippen LogP contribution in [0.25, 0.3) is 27.8 Å². The molecular formula is C20H16N2. The highest BCUT2D eigenvalue weighted by Gasteiger charge is 2.12. The molecule has 22 heavy (non-hydrogen) atoms. The van der Waals surface area contributed by atoms with Crippen molar-refractivity contribution in [2.75, 3.05) is 0 Å². The number of pyridine rings is 1. The molecule has 0 atom stereocenters. The molecular weight excluding hydrogens is 268 g/mol. The van der Waals surface area contributed by atoms with Crippen LogP contribution in [0.1, 0.15) is 5.56 Å². The third kappa shape index (κ3) is 2.01. The van der Waals surface area contributed by atoms with Crippen LogP contribution in [0.5, 0.6) is 0 Å². The predicted molar refractivity (Wildman–Crippen MR) is 91.2 cm³/mol. The van der Waals surface area contributed by atoms with E-state index in [0.717, 1.165) is 11.3 Å². The molecule has 0 aliphatic heterocycles. The molecule has 0 saturated carbocycles. The van der Waals surface area contributed by atoms with Crippen molar-refractivity contribution in [1.29, 1.82) is 0 Å². The van der Waals surface area contributed by atoms with Crippen LogP contribution < -0.4 is 0 Å². The molecule has 106 valence electrons. The number of hydrogen-bond donors (Lipinski definition) is 0. The number of hydrogen-bond acceptors (Lipinski definition) is 1. The molecule has 0 amide bonds. The zero-order valence-corrected chi connectivity index (χ0v) is 12.4. The number of aryl methyl sites for hydroxylation is 1. The molecule has 4 rings (SSSR count). The number of benzene rings is 2. The number of aromatic nitrogens is 2. The topological polar surface area (TPSA) is 17.8 Å². The summed E-state index contributed by atoms with van der Waals surface area (Å²) >= 11 is 0. The summed E-state index contributed by atoms with van der Waals surface area (Å²) in [5.74, 6) is 0. The van der Waals surface area contributed by atoms with Gasteiger partial charge in [0.2, 0.25) is 0 Å². The third-order valence-corrected chi connectivity index (χ3v) is 3.98. The van der Waals surface area contributed by atoms with Crippen LogP contribution in [-0.4, -0.2) is 9.55 Å². The first-order valence-corrected chi connectivity index (χ1v) is 7.42. The quantitative estimate of drug-likeness (QED) is 0.506. The molecule has 4 aromatic rings. The smallest absolute Gasteiger partial charge is 0.0796 e. The lowest BCUT2D eigenvalue weighted by atomic mass is 10.1. The Labute approximate surface area is 129 Å². The van der Waals surface area contributed by atoms with Crippen molar-refractivity contribution in [3.63, 3.8) is 0 Å². The van der Waals surface area contributed by atoms with E-state index in [1.165, 1.54) is 22.2 Å². The standard InChI is InChI=1S/C20H16N2/c1-15-14-21-19(16-8-4-2-5-9-16)18-12-13-22(20(15)18)17-10-6-3-7-11-17/h2-14H,1H3. The maximum Gasteiger partial charge on any atom is 0.0796 e. The van der Waals surface area contributed by atoms with Crippen molar-refractivity contribution in [1.82, 2.24) is 9.55 Å². The van der Waals surface area contributed by atoms with E-state index in [9.17, 15) is 0 Å². The SMILES string of the molecule is Cc1cnc(-c2ccccc2)c2ccn(-c3ccccc3)c12. The summed E-state index contributed by atoms with van der Waals surface area (Å²) < 4.78 is 2.23. The second-order valence-corrected chi connectivity index (χ2v) is 5.44. The summed E-state index contributed by atoms with van der Waals surface area (Å²) in [6.07, 6.45) is 4.09. The molecule has 0 aliphatic rings. The molecule has 0 N–H and O–H groups in total. The zero-order valence-electron chi connectivity index (χ0n) is 12.4. The van der Waals surface area contributed by atoms with Gasteiger partial charge >= 0.3 is 0 Å². The van der Waals surface area contributed by atoms with Gasteiger partial charge < -0.3 is 4.57 Å². The Kier molecular flexibility index (Phi) is 3.01. The first-order chi connectivity index (χ1) is 10.8. The van der Waals surface area contributed by atoms with Crippen molar-refractivity contribution in [2.24, 2.45) is 0 Å². The number of rotatable bonds is 2. The van der Waals surface area contributed by atoms with Crippen molar-refractivity contribution in [3.05, 3.63) is 84.7 Å². The number of fused-ring (bicyclic) bond motifs is 1. The van der Waals surface area contributed by atoms with Crippen molar-refractivity contribution < 1.29 is 0 Å². The second kappa shape index (κ2) is 5.15. The van der Waals surface area contributed by atoms with E-state index in [0.29, 0.717) is 0 Å².